The molecular weight excluding hydrogens is 336 g/mol. The number of benzene rings is 1. The van der Waals surface area contributed by atoms with Gasteiger partial charge in [0, 0.05) is 49.2 Å². The van der Waals surface area contributed by atoms with Gasteiger partial charge in [-0.05, 0) is 41.0 Å². The summed E-state index contributed by atoms with van der Waals surface area (Å²) in [5.41, 5.74) is 3.41. The number of anilines is 1. The van der Waals surface area contributed by atoms with Crippen LogP contribution in [0, 0.1) is 11.6 Å². The van der Waals surface area contributed by atoms with Gasteiger partial charge in [0.2, 0.25) is 5.95 Å². The van der Waals surface area contributed by atoms with Crippen molar-refractivity contribution in [2.75, 3.05) is 5.32 Å². The summed E-state index contributed by atoms with van der Waals surface area (Å²) < 4.78 is 26.4. The van der Waals surface area contributed by atoms with Gasteiger partial charge in [0.25, 0.3) is 0 Å². The molecule has 0 aliphatic heterocycles. The van der Waals surface area contributed by atoms with E-state index in [0.29, 0.717) is 17.9 Å². The Hall–Kier alpha value is -3.35. The molecule has 0 aliphatic rings. The Morgan fingerprint density at radius 2 is 1.73 bits per heavy atom. The van der Waals surface area contributed by atoms with Crippen molar-refractivity contribution in [1.29, 1.82) is 0 Å². The van der Waals surface area contributed by atoms with Crippen LogP contribution in [0.1, 0.15) is 16.7 Å². The molecule has 0 unspecified atom stereocenters. The third-order valence-electron chi connectivity index (χ3n) is 4.01. The Balaban J connectivity index is 1.43. The standard InChI is InChI=1S/C19H15F2N5/c20-15-5-12(6-16(21)7-15)8-24-19-25-9-13(10-26-19)4-14-11-23-18-17(14)2-1-3-22-18/h1-3,5-7,9-11H,4,8H2,(H,22,23)(H,24,25,26). The van der Waals surface area contributed by atoms with Gasteiger partial charge >= 0.3 is 0 Å². The van der Waals surface area contributed by atoms with E-state index in [1.165, 1.54) is 12.1 Å². The van der Waals surface area contributed by atoms with E-state index in [9.17, 15) is 8.78 Å². The van der Waals surface area contributed by atoms with Crippen LogP contribution in [-0.2, 0) is 13.0 Å². The molecule has 26 heavy (non-hydrogen) atoms. The zero-order valence-corrected chi connectivity index (χ0v) is 13.7. The van der Waals surface area contributed by atoms with E-state index >= 15 is 0 Å². The molecule has 3 aromatic heterocycles. The van der Waals surface area contributed by atoms with Gasteiger partial charge in [-0.3, -0.25) is 0 Å². The highest BCUT2D eigenvalue weighted by molar-refractivity contribution is 5.79. The van der Waals surface area contributed by atoms with Crippen molar-refractivity contribution in [3.8, 4) is 0 Å². The van der Waals surface area contributed by atoms with E-state index in [0.717, 1.165) is 28.2 Å². The topological polar surface area (TPSA) is 66.5 Å². The molecule has 0 saturated heterocycles. The Labute approximate surface area is 148 Å². The molecule has 1 aromatic carbocycles. The molecule has 0 bridgehead atoms. The summed E-state index contributed by atoms with van der Waals surface area (Å²) in [5.74, 6) is -0.809. The molecule has 4 rings (SSSR count). The average molecular weight is 351 g/mol. The van der Waals surface area contributed by atoms with Crippen LogP contribution in [-0.4, -0.2) is 19.9 Å². The van der Waals surface area contributed by atoms with Gasteiger partial charge in [-0.15, -0.1) is 0 Å². The number of rotatable bonds is 5. The fourth-order valence-corrected chi connectivity index (χ4v) is 2.81. The van der Waals surface area contributed by atoms with Gasteiger partial charge in [-0.2, -0.15) is 0 Å². The minimum absolute atomic E-state index is 0.238. The third-order valence-corrected chi connectivity index (χ3v) is 4.01. The van der Waals surface area contributed by atoms with Crippen LogP contribution in [0.2, 0.25) is 0 Å². The monoisotopic (exact) mass is 351 g/mol. The molecule has 4 aromatic rings. The van der Waals surface area contributed by atoms with Crippen molar-refractivity contribution in [2.24, 2.45) is 0 Å². The smallest absolute Gasteiger partial charge is 0.222 e. The van der Waals surface area contributed by atoms with E-state index in [4.69, 9.17) is 0 Å². The summed E-state index contributed by atoms with van der Waals surface area (Å²) in [6.07, 6.45) is 7.83. The second-order valence-electron chi connectivity index (χ2n) is 5.94. The van der Waals surface area contributed by atoms with Crippen molar-refractivity contribution >= 4 is 17.0 Å². The van der Waals surface area contributed by atoms with Crippen molar-refractivity contribution < 1.29 is 8.78 Å². The first kappa shape index (κ1) is 16.1. The summed E-state index contributed by atoms with van der Waals surface area (Å²) in [6.45, 7) is 0.238. The highest BCUT2D eigenvalue weighted by Gasteiger charge is 2.06. The molecule has 0 amide bonds. The quantitative estimate of drug-likeness (QED) is 0.573. The van der Waals surface area contributed by atoms with Crippen LogP contribution in [0.25, 0.3) is 11.0 Å². The van der Waals surface area contributed by atoms with Crippen molar-refractivity contribution in [3.05, 3.63) is 83.4 Å². The summed E-state index contributed by atoms with van der Waals surface area (Å²) in [6, 6.07) is 7.31. The molecule has 0 atom stereocenters. The summed E-state index contributed by atoms with van der Waals surface area (Å²) in [5, 5.41) is 4.03. The number of H-pyrrole nitrogens is 1. The third kappa shape index (κ3) is 3.51. The van der Waals surface area contributed by atoms with E-state index in [1.54, 1.807) is 18.6 Å². The number of aromatic amines is 1. The lowest BCUT2D eigenvalue weighted by Crippen LogP contribution is -2.04. The van der Waals surface area contributed by atoms with Crippen molar-refractivity contribution in [2.45, 2.75) is 13.0 Å². The fourth-order valence-electron chi connectivity index (χ4n) is 2.81. The number of nitrogens with one attached hydrogen (secondary N) is 2. The highest BCUT2D eigenvalue weighted by atomic mass is 19.1. The second-order valence-corrected chi connectivity index (χ2v) is 5.94. The minimum Gasteiger partial charge on any atom is -0.350 e. The van der Waals surface area contributed by atoms with Gasteiger partial charge in [-0.25, -0.2) is 23.7 Å². The van der Waals surface area contributed by atoms with Gasteiger partial charge in [0.1, 0.15) is 17.3 Å². The van der Waals surface area contributed by atoms with E-state index in [1.807, 2.05) is 18.3 Å². The number of pyridine rings is 1. The van der Waals surface area contributed by atoms with Gasteiger partial charge in [-0.1, -0.05) is 0 Å². The van der Waals surface area contributed by atoms with Crippen molar-refractivity contribution in [3.63, 3.8) is 0 Å². The van der Waals surface area contributed by atoms with E-state index < -0.39 is 11.6 Å². The number of hydrogen-bond donors (Lipinski definition) is 2. The average Bonchev–Trinajstić information content (AvgIpc) is 3.04. The Morgan fingerprint density at radius 3 is 2.50 bits per heavy atom. The number of hydrogen-bond acceptors (Lipinski definition) is 4. The number of aromatic nitrogens is 4. The van der Waals surface area contributed by atoms with Crippen LogP contribution < -0.4 is 5.32 Å². The SMILES string of the molecule is Fc1cc(F)cc(CNc2ncc(Cc3c[nH]c4ncccc34)cn2)c1. The Bertz CT molecular complexity index is 1020. The molecule has 2 N–H and O–H groups in total. The van der Waals surface area contributed by atoms with Crippen LogP contribution in [0.3, 0.4) is 0 Å². The molecule has 7 heteroatoms. The van der Waals surface area contributed by atoms with Gasteiger partial charge < -0.3 is 10.3 Å². The van der Waals surface area contributed by atoms with Crippen LogP contribution in [0.15, 0.2) is 55.1 Å². The lowest BCUT2D eigenvalue weighted by atomic mass is 10.1. The Morgan fingerprint density at radius 1 is 0.962 bits per heavy atom. The second kappa shape index (κ2) is 6.87. The largest absolute Gasteiger partial charge is 0.350 e. The first-order chi connectivity index (χ1) is 12.7. The number of halogens is 2. The zero-order valence-electron chi connectivity index (χ0n) is 13.7. The molecule has 0 fully saturated rings. The number of fused-ring (bicyclic) bond motifs is 1. The summed E-state index contributed by atoms with van der Waals surface area (Å²) >= 11 is 0. The zero-order chi connectivity index (χ0) is 17.9. The summed E-state index contributed by atoms with van der Waals surface area (Å²) in [4.78, 5) is 15.9. The predicted octanol–water partition coefficient (Wildman–Crippen LogP) is 3.83. The van der Waals surface area contributed by atoms with Crippen LogP contribution in [0.5, 0.6) is 0 Å². The highest BCUT2D eigenvalue weighted by Crippen LogP contribution is 2.19. The first-order valence-corrected chi connectivity index (χ1v) is 8.08. The van der Waals surface area contributed by atoms with Crippen LogP contribution in [0.4, 0.5) is 14.7 Å². The molecule has 130 valence electrons. The van der Waals surface area contributed by atoms with Gasteiger partial charge in [0.15, 0.2) is 0 Å². The molecule has 0 spiro atoms. The van der Waals surface area contributed by atoms with Crippen LogP contribution >= 0.6 is 0 Å². The maximum Gasteiger partial charge on any atom is 0.222 e. The van der Waals surface area contributed by atoms with E-state index in [-0.39, 0.29) is 6.54 Å². The first-order valence-electron chi connectivity index (χ1n) is 8.08. The summed E-state index contributed by atoms with van der Waals surface area (Å²) in [7, 11) is 0. The molecule has 0 saturated carbocycles. The molecule has 0 aliphatic carbocycles. The molecule has 3 heterocycles. The molecule has 0 radical (unpaired) electrons. The lowest BCUT2D eigenvalue weighted by molar-refractivity contribution is 0.580. The fraction of sp³-hybridized carbons (Fsp3) is 0.105. The molecule has 5 nitrogen and oxygen atoms in total. The molecular formula is C19H15F2N5. The number of nitrogens with zero attached hydrogens (tertiary/aromatic N) is 3. The maximum absolute atomic E-state index is 13.2. The van der Waals surface area contributed by atoms with E-state index in [2.05, 4.69) is 25.3 Å². The van der Waals surface area contributed by atoms with Crippen molar-refractivity contribution in [1.82, 2.24) is 19.9 Å². The normalized spacial score (nSPS) is 11.0. The minimum atomic E-state index is -0.605. The Kier molecular flexibility index (Phi) is 4.27. The lowest BCUT2D eigenvalue weighted by Gasteiger charge is -2.06. The maximum atomic E-state index is 13.2. The van der Waals surface area contributed by atoms with Gasteiger partial charge in [0.05, 0.1) is 0 Å². The predicted molar refractivity (Wildman–Crippen MR) is 94.6 cm³/mol.